The average molecular weight is 397 g/mol. The maximum Gasteiger partial charge on any atom is 0.210 e. The zero-order valence-corrected chi connectivity index (χ0v) is 16.8. The Hall–Kier alpha value is -2.60. The Balaban J connectivity index is 1.98. The summed E-state index contributed by atoms with van der Waals surface area (Å²) in [7, 11) is -2.07. The highest BCUT2D eigenvalue weighted by atomic mass is 32.2. The van der Waals surface area contributed by atoms with Crippen LogP contribution in [0, 0.1) is 0 Å². The van der Waals surface area contributed by atoms with Crippen LogP contribution in [0.4, 0.5) is 5.69 Å². The maximum atomic E-state index is 13.5. The van der Waals surface area contributed by atoms with E-state index in [1.165, 1.54) is 19.0 Å². The van der Waals surface area contributed by atoms with E-state index >= 15 is 0 Å². The van der Waals surface area contributed by atoms with E-state index in [9.17, 15) is 8.42 Å². The number of anilines is 1. The Kier molecular flexibility index (Phi) is 5.22. The second kappa shape index (κ2) is 7.80. The van der Waals surface area contributed by atoms with Crippen LogP contribution in [0.2, 0.25) is 0 Å². The third kappa shape index (κ3) is 3.44. The molecule has 0 aliphatic carbocycles. The summed E-state index contributed by atoms with van der Waals surface area (Å²) in [6, 6.07) is 14.2. The minimum atomic E-state index is -3.69. The first kappa shape index (κ1) is 18.7. The topological polar surface area (TPSA) is 59.5 Å². The fourth-order valence-electron chi connectivity index (χ4n) is 3.81. The van der Waals surface area contributed by atoms with Crippen LogP contribution < -0.4 is 9.64 Å². The number of fused-ring (bicyclic) bond motifs is 1. The lowest BCUT2D eigenvalue weighted by atomic mass is 10.1. The highest BCUT2D eigenvalue weighted by Crippen LogP contribution is 2.38. The van der Waals surface area contributed by atoms with Gasteiger partial charge in [-0.2, -0.15) is 0 Å². The molecule has 0 bridgehead atoms. The van der Waals surface area contributed by atoms with Crippen LogP contribution in [0.15, 0.2) is 64.5 Å². The van der Waals surface area contributed by atoms with Gasteiger partial charge in [0.05, 0.1) is 23.2 Å². The van der Waals surface area contributed by atoms with Gasteiger partial charge in [-0.1, -0.05) is 31.0 Å². The second-order valence-electron chi connectivity index (χ2n) is 7.07. The molecule has 0 saturated carbocycles. The lowest BCUT2D eigenvalue weighted by Crippen LogP contribution is -2.26. The van der Waals surface area contributed by atoms with Crippen molar-refractivity contribution in [3.8, 4) is 5.75 Å². The first-order chi connectivity index (χ1) is 13.6. The number of rotatable bonds is 4. The van der Waals surface area contributed by atoms with Gasteiger partial charge in [-0.05, 0) is 43.2 Å². The monoisotopic (exact) mass is 396 g/mol. The van der Waals surface area contributed by atoms with Gasteiger partial charge in [0.25, 0.3) is 0 Å². The Labute approximate surface area is 165 Å². The fourth-order valence-corrected chi connectivity index (χ4v) is 5.26. The SMILES string of the molecule is COc1ccc2ncc(S(=O)(=O)c3ccccc3)c(N3CCCCCC3)c2c1. The second-order valence-corrected chi connectivity index (χ2v) is 8.99. The third-order valence-corrected chi connectivity index (χ3v) is 7.05. The number of hydrogen-bond acceptors (Lipinski definition) is 5. The van der Waals surface area contributed by atoms with Gasteiger partial charge in [0.2, 0.25) is 9.84 Å². The predicted molar refractivity (Wildman–Crippen MR) is 111 cm³/mol. The Morgan fingerprint density at radius 3 is 2.36 bits per heavy atom. The molecule has 28 heavy (non-hydrogen) atoms. The van der Waals surface area contributed by atoms with E-state index in [0.29, 0.717) is 5.75 Å². The first-order valence-corrected chi connectivity index (χ1v) is 11.1. The Morgan fingerprint density at radius 2 is 1.68 bits per heavy atom. The van der Waals surface area contributed by atoms with Gasteiger partial charge in [-0.3, -0.25) is 4.98 Å². The van der Waals surface area contributed by atoms with Crippen LogP contribution in [-0.2, 0) is 9.84 Å². The van der Waals surface area contributed by atoms with Crippen molar-refractivity contribution in [2.45, 2.75) is 35.5 Å². The van der Waals surface area contributed by atoms with Crippen LogP contribution in [-0.4, -0.2) is 33.6 Å². The van der Waals surface area contributed by atoms with Crippen molar-refractivity contribution < 1.29 is 13.2 Å². The lowest BCUT2D eigenvalue weighted by molar-refractivity contribution is 0.415. The molecule has 6 heteroatoms. The molecule has 2 heterocycles. The summed E-state index contributed by atoms with van der Waals surface area (Å²) in [5.41, 5.74) is 1.52. The van der Waals surface area contributed by atoms with Crippen molar-refractivity contribution in [1.29, 1.82) is 0 Å². The van der Waals surface area contributed by atoms with Gasteiger partial charge in [0.1, 0.15) is 10.6 Å². The normalized spacial score (nSPS) is 15.4. The van der Waals surface area contributed by atoms with E-state index in [4.69, 9.17) is 4.74 Å². The summed E-state index contributed by atoms with van der Waals surface area (Å²) in [4.78, 5) is 7.23. The zero-order valence-electron chi connectivity index (χ0n) is 16.0. The van der Waals surface area contributed by atoms with Crippen molar-refractivity contribution in [3.05, 3.63) is 54.7 Å². The molecule has 2 aromatic carbocycles. The first-order valence-electron chi connectivity index (χ1n) is 9.63. The molecule has 0 unspecified atom stereocenters. The molecule has 1 saturated heterocycles. The van der Waals surface area contributed by atoms with Crippen LogP contribution >= 0.6 is 0 Å². The molecule has 0 spiro atoms. The van der Waals surface area contributed by atoms with Gasteiger partial charge < -0.3 is 9.64 Å². The fraction of sp³-hybridized carbons (Fsp3) is 0.318. The lowest BCUT2D eigenvalue weighted by Gasteiger charge is -2.27. The van der Waals surface area contributed by atoms with Crippen LogP contribution in [0.3, 0.4) is 0 Å². The van der Waals surface area contributed by atoms with Gasteiger partial charge in [0, 0.05) is 24.7 Å². The van der Waals surface area contributed by atoms with Gasteiger partial charge in [0.15, 0.2) is 0 Å². The summed E-state index contributed by atoms with van der Waals surface area (Å²) in [5.74, 6) is 0.694. The molecule has 1 fully saturated rings. The van der Waals surface area contributed by atoms with Crippen molar-refractivity contribution >= 4 is 26.4 Å². The van der Waals surface area contributed by atoms with E-state index in [-0.39, 0.29) is 9.79 Å². The number of hydrogen-bond donors (Lipinski definition) is 0. The molecule has 1 aliphatic rings. The average Bonchev–Trinajstić information content (AvgIpc) is 3.02. The molecular weight excluding hydrogens is 372 g/mol. The zero-order chi connectivity index (χ0) is 19.6. The number of benzene rings is 2. The number of ether oxygens (including phenoxy) is 1. The van der Waals surface area contributed by atoms with Crippen molar-refractivity contribution in [3.63, 3.8) is 0 Å². The number of nitrogens with zero attached hydrogens (tertiary/aromatic N) is 2. The number of methoxy groups -OCH3 is 1. The van der Waals surface area contributed by atoms with Crippen LogP contribution in [0.1, 0.15) is 25.7 Å². The van der Waals surface area contributed by atoms with E-state index in [2.05, 4.69) is 9.88 Å². The van der Waals surface area contributed by atoms with Gasteiger partial charge in [-0.15, -0.1) is 0 Å². The molecule has 4 rings (SSSR count). The smallest absolute Gasteiger partial charge is 0.210 e. The van der Waals surface area contributed by atoms with Gasteiger partial charge in [-0.25, -0.2) is 8.42 Å². The largest absolute Gasteiger partial charge is 0.497 e. The minimum Gasteiger partial charge on any atom is -0.497 e. The molecule has 1 aliphatic heterocycles. The Bertz CT molecular complexity index is 1070. The molecule has 146 valence electrons. The Morgan fingerprint density at radius 1 is 0.964 bits per heavy atom. The standard InChI is InChI=1S/C22H24N2O3S/c1-27-17-11-12-20-19(15-17)22(24-13-7-2-3-8-14-24)21(16-23-20)28(25,26)18-9-5-4-6-10-18/h4-6,9-12,15-16H,2-3,7-8,13-14H2,1H3. The van der Waals surface area contributed by atoms with Gasteiger partial charge >= 0.3 is 0 Å². The molecule has 5 nitrogen and oxygen atoms in total. The molecule has 0 radical (unpaired) electrons. The molecular formula is C22H24N2O3S. The summed E-state index contributed by atoms with van der Waals surface area (Å²) in [5, 5.41) is 0.818. The summed E-state index contributed by atoms with van der Waals surface area (Å²) >= 11 is 0. The van der Waals surface area contributed by atoms with Crippen LogP contribution in [0.5, 0.6) is 5.75 Å². The molecule has 0 atom stereocenters. The minimum absolute atomic E-state index is 0.265. The van der Waals surface area contributed by atoms with Crippen molar-refractivity contribution in [2.24, 2.45) is 0 Å². The number of aromatic nitrogens is 1. The van der Waals surface area contributed by atoms with Crippen molar-refractivity contribution in [1.82, 2.24) is 4.98 Å². The molecule has 1 aromatic heterocycles. The summed E-state index contributed by atoms with van der Waals surface area (Å²) in [6.45, 7) is 1.68. The molecule has 0 N–H and O–H groups in total. The van der Waals surface area contributed by atoms with E-state index in [1.807, 2.05) is 24.3 Å². The van der Waals surface area contributed by atoms with Crippen LogP contribution in [0.25, 0.3) is 10.9 Å². The highest BCUT2D eigenvalue weighted by Gasteiger charge is 2.27. The summed E-state index contributed by atoms with van der Waals surface area (Å²) in [6.07, 6.45) is 5.96. The summed E-state index contributed by atoms with van der Waals surface area (Å²) < 4.78 is 32.4. The van der Waals surface area contributed by atoms with E-state index < -0.39 is 9.84 Å². The van der Waals surface area contributed by atoms with E-state index in [0.717, 1.165) is 42.5 Å². The molecule has 3 aromatic rings. The molecule has 0 amide bonds. The van der Waals surface area contributed by atoms with E-state index in [1.54, 1.807) is 31.4 Å². The number of pyridine rings is 1. The highest BCUT2D eigenvalue weighted by molar-refractivity contribution is 7.91. The maximum absolute atomic E-state index is 13.5. The predicted octanol–water partition coefficient (Wildman–Crippen LogP) is 4.46. The van der Waals surface area contributed by atoms with Crippen molar-refractivity contribution in [2.75, 3.05) is 25.1 Å². The third-order valence-electron chi connectivity index (χ3n) is 5.28. The number of sulfone groups is 1. The quantitative estimate of drug-likeness (QED) is 0.652.